The Bertz CT molecular complexity index is 987. The molecule has 2 aromatic carbocycles. The number of nitrogens with zero attached hydrogens (tertiary/aromatic N) is 1. The van der Waals surface area contributed by atoms with Crippen LogP contribution in [0.25, 0.3) is 0 Å². The summed E-state index contributed by atoms with van der Waals surface area (Å²) in [6.07, 6.45) is 1.44. The molecular formula is C19H19ClN2O4S. The molecule has 1 aliphatic heterocycles. The van der Waals surface area contributed by atoms with Gasteiger partial charge in [0.15, 0.2) is 5.78 Å². The maximum atomic E-state index is 12.5. The Hall–Kier alpha value is -2.38. The van der Waals surface area contributed by atoms with Gasteiger partial charge in [-0.05, 0) is 62.2 Å². The van der Waals surface area contributed by atoms with E-state index in [9.17, 15) is 18.0 Å². The first kappa shape index (κ1) is 19.4. The van der Waals surface area contributed by atoms with Crippen molar-refractivity contribution >= 4 is 44.7 Å². The summed E-state index contributed by atoms with van der Waals surface area (Å²) < 4.78 is 25.8. The van der Waals surface area contributed by atoms with Gasteiger partial charge in [0.2, 0.25) is 10.0 Å². The summed E-state index contributed by atoms with van der Waals surface area (Å²) in [6.45, 7) is 1.88. The third kappa shape index (κ3) is 4.31. The lowest BCUT2D eigenvalue weighted by Crippen LogP contribution is -2.37. The van der Waals surface area contributed by atoms with Crippen LogP contribution in [-0.2, 0) is 10.0 Å². The van der Waals surface area contributed by atoms with Crippen LogP contribution in [0.2, 0.25) is 5.02 Å². The fourth-order valence-electron chi connectivity index (χ4n) is 2.91. The quantitative estimate of drug-likeness (QED) is 0.784. The molecular weight excluding hydrogens is 388 g/mol. The number of rotatable bonds is 4. The molecule has 1 heterocycles. The summed E-state index contributed by atoms with van der Waals surface area (Å²) in [6, 6.07) is 11.1. The van der Waals surface area contributed by atoms with E-state index in [1.807, 2.05) is 0 Å². The zero-order valence-corrected chi connectivity index (χ0v) is 16.3. The number of carbonyl (C=O) groups is 2. The van der Waals surface area contributed by atoms with Crippen molar-refractivity contribution in [2.75, 3.05) is 21.9 Å². The van der Waals surface area contributed by atoms with Crippen LogP contribution in [0.5, 0.6) is 0 Å². The van der Waals surface area contributed by atoms with Crippen LogP contribution in [0, 0.1) is 0 Å². The molecule has 0 spiro atoms. The molecule has 3 rings (SSSR count). The van der Waals surface area contributed by atoms with E-state index in [2.05, 4.69) is 5.32 Å². The van der Waals surface area contributed by atoms with Crippen molar-refractivity contribution in [2.24, 2.45) is 0 Å². The molecule has 0 aromatic heterocycles. The summed E-state index contributed by atoms with van der Waals surface area (Å²) in [5, 5.41) is 2.89. The van der Waals surface area contributed by atoms with Crippen molar-refractivity contribution in [1.29, 1.82) is 0 Å². The summed E-state index contributed by atoms with van der Waals surface area (Å²) in [5.74, 6) is -0.355. The first-order valence-corrected chi connectivity index (χ1v) is 10.5. The van der Waals surface area contributed by atoms with E-state index in [0.717, 1.165) is 6.42 Å². The molecule has 6 nitrogen and oxygen atoms in total. The second-order valence-electron chi connectivity index (χ2n) is 6.35. The molecule has 2 aromatic rings. The highest BCUT2D eigenvalue weighted by molar-refractivity contribution is 7.92. The lowest BCUT2D eigenvalue weighted by molar-refractivity contribution is 0.101. The van der Waals surface area contributed by atoms with Gasteiger partial charge in [-0.1, -0.05) is 11.6 Å². The maximum Gasteiger partial charge on any atom is 0.257 e. The van der Waals surface area contributed by atoms with Crippen molar-refractivity contribution in [1.82, 2.24) is 0 Å². The Morgan fingerprint density at radius 2 is 1.78 bits per heavy atom. The van der Waals surface area contributed by atoms with E-state index in [-0.39, 0.29) is 22.1 Å². The van der Waals surface area contributed by atoms with Crippen LogP contribution in [0.3, 0.4) is 0 Å². The van der Waals surface area contributed by atoms with Crippen LogP contribution in [0.4, 0.5) is 11.4 Å². The molecule has 27 heavy (non-hydrogen) atoms. The zero-order valence-electron chi connectivity index (χ0n) is 14.7. The zero-order chi connectivity index (χ0) is 19.6. The SMILES string of the molecule is CC(=O)c1ccc(NC(=O)c2ccc(N3CCCCS3(=O)=O)cc2Cl)cc1. The predicted molar refractivity (Wildman–Crippen MR) is 106 cm³/mol. The van der Waals surface area contributed by atoms with Crippen molar-refractivity contribution in [3.8, 4) is 0 Å². The van der Waals surface area contributed by atoms with Gasteiger partial charge < -0.3 is 5.32 Å². The molecule has 1 fully saturated rings. The third-order valence-corrected chi connectivity index (χ3v) is 6.57. The van der Waals surface area contributed by atoms with Gasteiger partial charge in [0.1, 0.15) is 0 Å². The molecule has 0 saturated carbocycles. The number of sulfonamides is 1. The van der Waals surface area contributed by atoms with Crippen molar-refractivity contribution in [2.45, 2.75) is 19.8 Å². The van der Waals surface area contributed by atoms with Gasteiger partial charge in [-0.3, -0.25) is 13.9 Å². The van der Waals surface area contributed by atoms with Gasteiger partial charge in [-0.15, -0.1) is 0 Å². The van der Waals surface area contributed by atoms with Gasteiger partial charge in [0, 0.05) is 17.8 Å². The first-order chi connectivity index (χ1) is 12.8. The van der Waals surface area contributed by atoms with E-state index in [0.29, 0.717) is 29.9 Å². The van der Waals surface area contributed by atoms with E-state index < -0.39 is 15.9 Å². The highest BCUT2D eigenvalue weighted by atomic mass is 35.5. The van der Waals surface area contributed by atoms with Crippen molar-refractivity contribution in [3.05, 3.63) is 58.6 Å². The Morgan fingerprint density at radius 3 is 2.37 bits per heavy atom. The van der Waals surface area contributed by atoms with Crippen molar-refractivity contribution in [3.63, 3.8) is 0 Å². The normalized spacial score (nSPS) is 16.0. The molecule has 0 atom stereocenters. The molecule has 0 aliphatic carbocycles. The van der Waals surface area contributed by atoms with E-state index in [4.69, 9.17) is 11.6 Å². The highest BCUT2D eigenvalue weighted by Gasteiger charge is 2.26. The lowest BCUT2D eigenvalue weighted by Gasteiger charge is -2.28. The van der Waals surface area contributed by atoms with Gasteiger partial charge >= 0.3 is 0 Å². The number of hydrogen-bond donors (Lipinski definition) is 1. The second kappa shape index (κ2) is 7.70. The number of anilines is 2. The Labute approximate surface area is 163 Å². The molecule has 0 bridgehead atoms. The fourth-order valence-corrected chi connectivity index (χ4v) is 4.80. The lowest BCUT2D eigenvalue weighted by atomic mass is 10.1. The molecule has 1 amide bonds. The van der Waals surface area contributed by atoms with E-state index >= 15 is 0 Å². The third-order valence-electron chi connectivity index (χ3n) is 4.38. The van der Waals surface area contributed by atoms with Crippen molar-refractivity contribution < 1.29 is 18.0 Å². The number of hydrogen-bond acceptors (Lipinski definition) is 4. The van der Waals surface area contributed by atoms with E-state index in [1.165, 1.54) is 23.4 Å². The number of Topliss-reactive ketones (excluding diaryl/α,β-unsaturated/α-hetero) is 1. The Morgan fingerprint density at radius 1 is 1.07 bits per heavy atom. The number of carbonyl (C=O) groups excluding carboxylic acids is 2. The second-order valence-corrected chi connectivity index (χ2v) is 8.77. The smallest absolute Gasteiger partial charge is 0.257 e. The van der Waals surface area contributed by atoms with Gasteiger partial charge in [-0.25, -0.2) is 8.42 Å². The average molecular weight is 407 g/mol. The minimum atomic E-state index is -3.34. The highest BCUT2D eigenvalue weighted by Crippen LogP contribution is 2.28. The topological polar surface area (TPSA) is 83.6 Å². The molecule has 0 unspecified atom stereocenters. The minimum Gasteiger partial charge on any atom is -0.322 e. The largest absolute Gasteiger partial charge is 0.322 e. The summed E-state index contributed by atoms with van der Waals surface area (Å²) in [7, 11) is -3.34. The predicted octanol–water partition coefficient (Wildman–Crippen LogP) is 3.72. The molecule has 1 N–H and O–H groups in total. The number of halogens is 1. The number of nitrogens with one attached hydrogen (secondary N) is 1. The van der Waals surface area contributed by atoms with Crippen LogP contribution in [-0.4, -0.2) is 32.4 Å². The molecule has 1 aliphatic rings. The summed E-state index contributed by atoms with van der Waals surface area (Å²) >= 11 is 6.24. The van der Waals surface area contributed by atoms with Crippen LogP contribution in [0.15, 0.2) is 42.5 Å². The number of amides is 1. The van der Waals surface area contributed by atoms with Gasteiger partial charge in [-0.2, -0.15) is 0 Å². The minimum absolute atomic E-state index is 0.0563. The summed E-state index contributed by atoms with van der Waals surface area (Å²) in [5.41, 5.74) is 1.79. The monoisotopic (exact) mass is 406 g/mol. The summed E-state index contributed by atoms with van der Waals surface area (Å²) in [4.78, 5) is 23.8. The van der Waals surface area contributed by atoms with Gasteiger partial charge in [0.05, 0.1) is 22.0 Å². The fraction of sp³-hybridized carbons (Fsp3) is 0.263. The van der Waals surface area contributed by atoms with E-state index in [1.54, 1.807) is 30.3 Å². The number of ketones is 1. The molecule has 8 heteroatoms. The average Bonchev–Trinajstić information content (AvgIpc) is 2.61. The molecule has 142 valence electrons. The maximum absolute atomic E-state index is 12.5. The molecule has 1 saturated heterocycles. The number of benzene rings is 2. The molecule has 0 radical (unpaired) electrons. The van der Waals surface area contributed by atoms with Gasteiger partial charge in [0.25, 0.3) is 5.91 Å². The standard InChI is InChI=1S/C19H19ClN2O4S/c1-13(23)14-4-6-15(7-5-14)21-19(24)17-9-8-16(12-18(17)20)22-10-2-3-11-27(22,25)26/h4-9,12H,2-3,10-11H2,1H3,(H,21,24). The van der Waals surface area contributed by atoms with Crippen LogP contribution in [0.1, 0.15) is 40.5 Å². The van der Waals surface area contributed by atoms with Crippen LogP contribution >= 0.6 is 11.6 Å². The van der Waals surface area contributed by atoms with Crippen LogP contribution < -0.4 is 9.62 Å². The Balaban J connectivity index is 1.79. The first-order valence-electron chi connectivity index (χ1n) is 8.50. The Kier molecular flexibility index (Phi) is 5.53.